The van der Waals surface area contributed by atoms with Gasteiger partial charge in [0.1, 0.15) is 24.1 Å². The largest absolute Gasteiger partial charge is 0.457 e. The average molecular weight is 534 g/mol. The van der Waals surface area contributed by atoms with Crippen LogP contribution in [0.1, 0.15) is 42.0 Å². The smallest absolute Gasteiger partial charge is 0.418 e. The highest BCUT2D eigenvalue weighted by Gasteiger charge is 2.44. The summed E-state index contributed by atoms with van der Waals surface area (Å²) in [7, 11) is 0. The Balaban J connectivity index is 1.04. The number of fused-ring (bicyclic) bond motifs is 4. The van der Waals surface area contributed by atoms with Gasteiger partial charge in [0.15, 0.2) is 11.6 Å². The highest BCUT2D eigenvalue weighted by molar-refractivity contribution is 5.92. The van der Waals surface area contributed by atoms with Crippen molar-refractivity contribution < 1.29 is 27.8 Å². The maximum Gasteiger partial charge on any atom is 0.418 e. The number of likely N-dealkylation sites (tertiary alicyclic amines) is 1. The molecule has 3 aromatic carbocycles. The zero-order chi connectivity index (χ0) is 27.0. The number of benzene rings is 3. The van der Waals surface area contributed by atoms with Crippen LogP contribution in [0.5, 0.6) is 11.5 Å². The van der Waals surface area contributed by atoms with Gasteiger partial charge in [-0.2, -0.15) is 0 Å². The number of nitrogens with zero attached hydrogens (tertiary/aromatic N) is 2. The Hall–Kier alpha value is -3.98. The Morgan fingerprint density at radius 1 is 0.949 bits per heavy atom. The summed E-state index contributed by atoms with van der Waals surface area (Å²) < 4.78 is 38.3. The van der Waals surface area contributed by atoms with Gasteiger partial charge < -0.3 is 19.7 Å². The van der Waals surface area contributed by atoms with E-state index in [1.807, 2.05) is 24.3 Å². The van der Waals surface area contributed by atoms with Gasteiger partial charge in [-0.25, -0.2) is 23.3 Å². The van der Waals surface area contributed by atoms with Crippen LogP contribution in [-0.2, 0) is 10.2 Å². The Kier molecular flexibility index (Phi) is 6.68. The van der Waals surface area contributed by atoms with Crippen molar-refractivity contribution in [2.24, 2.45) is 0 Å². The van der Waals surface area contributed by atoms with E-state index in [0.29, 0.717) is 18.5 Å². The van der Waals surface area contributed by atoms with Crippen molar-refractivity contribution >= 4 is 12.1 Å². The lowest BCUT2D eigenvalue weighted by molar-refractivity contribution is 0.157. The monoisotopic (exact) mass is 533 g/mol. The highest BCUT2D eigenvalue weighted by atomic mass is 19.2. The second-order valence-electron chi connectivity index (χ2n) is 10.2. The van der Waals surface area contributed by atoms with Crippen LogP contribution in [0.15, 0.2) is 66.7 Å². The van der Waals surface area contributed by atoms with Gasteiger partial charge in [0.05, 0.1) is 0 Å². The summed E-state index contributed by atoms with van der Waals surface area (Å²) in [6, 6.07) is 18.5. The summed E-state index contributed by atoms with van der Waals surface area (Å²) in [5.74, 6) is -0.180. The topological polar surface area (TPSA) is 71.1 Å². The molecule has 39 heavy (non-hydrogen) atoms. The van der Waals surface area contributed by atoms with Crippen molar-refractivity contribution in [1.29, 1.82) is 0 Å². The van der Waals surface area contributed by atoms with Crippen molar-refractivity contribution in [2.45, 2.75) is 30.7 Å². The van der Waals surface area contributed by atoms with E-state index in [2.05, 4.69) is 34.5 Å². The number of amides is 3. The van der Waals surface area contributed by atoms with E-state index < -0.39 is 29.8 Å². The van der Waals surface area contributed by atoms with Crippen molar-refractivity contribution in [3.8, 4) is 11.5 Å². The molecule has 0 aliphatic carbocycles. The molecular weight excluding hydrogens is 504 g/mol. The lowest BCUT2D eigenvalue weighted by Crippen LogP contribution is -2.46. The van der Waals surface area contributed by atoms with Gasteiger partial charge in [-0.1, -0.05) is 42.5 Å². The maximum absolute atomic E-state index is 13.7. The molecular formula is C30H29F2N3O4. The molecule has 202 valence electrons. The number of hydrogen-bond donors (Lipinski definition) is 1. The minimum atomic E-state index is -1.04. The van der Waals surface area contributed by atoms with Gasteiger partial charge in [-0.05, 0) is 68.7 Å². The first-order valence-corrected chi connectivity index (χ1v) is 13.2. The van der Waals surface area contributed by atoms with E-state index in [0.717, 1.165) is 61.0 Å². The van der Waals surface area contributed by atoms with Crippen LogP contribution in [0.4, 0.5) is 18.4 Å². The molecule has 1 spiro atoms. The standard InChI is InChI=1S/C30H29F2N3O4/c31-23-11-10-20(18-24(23)32)25-19-38-29(37)35(25)28(36)33-14-5-15-34-16-12-30(13-17-34)21-6-1-3-8-26(21)39-27-9-4-2-7-22(27)30/h1-4,6-11,18,25H,5,12-17,19H2,(H,33,36)/t25-/m1/s1. The molecule has 1 N–H and O–H groups in total. The van der Waals surface area contributed by atoms with Crippen LogP contribution in [0.2, 0.25) is 0 Å². The fraction of sp³-hybridized carbons (Fsp3) is 0.333. The molecule has 3 heterocycles. The van der Waals surface area contributed by atoms with Gasteiger partial charge in [-0.3, -0.25) is 0 Å². The number of piperidine rings is 1. The Morgan fingerprint density at radius 2 is 1.62 bits per heavy atom. The van der Waals surface area contributed by atoms with Crippen LogP contribution in [0.3, 0.4) is 0 Å². The Bertz CT molecular complexity index is 1360. The highest BCUT2D eigenvalue weighted by Crippen LogP contribution is 2.52. The molecule has 0 bridgehead atoms. The lowest BCUT2D eigenvalue weighted by atomic mass is 9.66. The summed E-state index contributed by atoms with van der Waals surface area (Å²) in [6.45, 7) is 2.88. The van der Waals surface area contributed by atoms with Gasteiger partial charge in [0, 0.05) is 23.1 Å². The lowest BCUT2D eigenvalue weighted by Gasteiger charge is -2.46. The number of hydrogen-bond acceptors (Lipinski definition) is 5. The summed E-state index contributed by atoms with van der Waals surface area (Å²) in [6.07, 6.45) is 1.83. The van der Waals surface area contributed by atoms with Crippen molar-refractivity contribution in [3.63, 3.8) is 0 Å². The van der Waals surface area contributed by atoms with E-state index in [1.165, 1.54) is 17.2 Å². The number of halogens is 2. The number of para-hydroxylation sites is 2. The van der Waals surface area contributed by atoms with Gasteiger partial charge in [0.25, 0.3) is 0 Å². The normalized spacial score (nSPS) is 19.7. The number of nitrogens with one attached hydrogen (secondary N) is 1. The number of cyclic esters (lactones) is 1. The molecule has 6 rings (SSSR count). The molecule has 3 amide bonds. The maximum atomic E-state index is 13.7. The third-order valence-corrected chi connectivity index (χ3v) is 8.08. The molecule has 7 nitrogen and oxygen atoms in total. The second kappa shape index (κ2) is 10.3. The third kappa shape index (κ3) is 4.61. The SMILES string of the molecule is O=C(NCCCN1CCC2(CC1)c1ccccc1Oc1ccccc12)N1C(=O)OC[C@@H]1c1ccc(F)c(F)c1. The molecule has 0 saturated carbocycles. The number of rotatable bonds is 5. The quantitative estimate of drug-likeness (QED) is 0.423. The van der Waals surface area contributed by atoms with Crippen LogP contribution in [0.25, 0.3) is 0 Å². The zero-order valence-corrected chi connectivity index (χ0v) is 21.4. The van der Waals surface area contributed by atoms with Gasteiger partial charge in [-0.15, -0.1) is 0 Å². The first-order valence-electron chi connectivity index (χ1n) is 13.2. The Morgan fingerprint density at radius 3 is 2.28 bits per heavy atom. The number of carbonyl (C=O) groups is 2. The fourth-order valence-electron chi connectivity index (χ4n) is 6.06. The van der Waals surface area contributed by atoms with Crippen molar-refractivity contribution in [2.75, 3.05) is 32.8 Å². The number of imide groups is 1. The summed E-state index contributed by atoms with van der Waals surface area (Å²) in [5.41, 5.74) is 2.70. The van der Waals surface area contributed by atoms with Crippen LogP contribution < -0.4 is 10.1 Å². The third-order valence-electron chi connectivity index (χ3n) is 8.08. The molecule has 3 aliphatic heterocycles. The summed E-state index contributed by atoms with van der Waals surface area (Å²) in [4.78, 5) is 28.3. The fourth-order valence-corrected chi connectivity index (χ4v) is 6.06. The van der Waals surface area contributed by atoms with E-state index in [4.69, 9.17) is 9.47 Å². The van der Waals surface area contributed by atoms with E-state index >= 15 is 0 Å². The van der Waals surface area contributed by atoms with E-state index in [1.54, 1.807) is 0 Å². The second-order valence-corrected chi connectivity index (χ2v) is 10.2. The number of ether oxygens (including phenoxy) is 2. The summed E-state index contributed by atoms with van der Waals surface area (Å²) >= 11 is 0. The first-order chi connectivity index (χ1) is 19.0. The molecule has 1 atom stereocenters. The molecule has 2 saturated heterocycles. The molecule has 0 radical (unpaired) electrons. The molecule has 3 aromatic rings. The van der Waals surface area contributed by atoms with Crippen molar-refractivity contribution in [3.05, 3.63) is 95.1 Å². The summed E-state index contributed by atoms with van der Waals surface area (Å²) in [5, 5.41) is 2.78. The average Bonchev–Trinajstić information content (AvgIpc) is 3.35. The van der Waals surface area contributed by atoms with Crippen LogP contribution >= 0.6 is 0 Å². The van der Waals surface area contributed by atoms with Gasteiger partial charge >= 0.3 is 12.1 Å². The predicted octanol–water partition coefficient (Wildman–Crippen LogP) is 5.75. The minimum Gasteiger partial charge on any atom is -0.457 e. The molecule has 2 fully saturated rings. The number of carbonyl (C=O) groups excluding carboxylic acids is 2. The van der Waals surface area contributed by atoms with Gasteiger partial charge in [0.2, 0.25) is 0 Å². The molecule has 3 aliphatic rings. The minimum absolute atomic E-state index is 0.0822. The molecule has 0 aromatic heterocycles. The van der Waals surface area contributed by atoms with E-state index in [9.17, 15) is 18.4 Å². The zero-order valence-electron chi connectivity index (χ0n) is 21.4. The molecule has 9 heteroatoms. The predicted molar refractivity (Wildman–Crippen MR) is 140 cm³/mol. The van der Waals surface area contributed by atoms with E-state index in [-0.39, 0.29) is 12.0 Å². The molecule has 0 unspecified atom stereocenters. The van der Waals surface area contributed by atoms with Crippen molar-refractivity contribution in [1.82, 2.24) is 15.1 Å². The Labute approximate surface area is 225 Å². The van der Waals surface area contributed by atoms with Crippen LogP contribution in [-0.4, -0.2) is 54.7 Å². The van der Waals surface area contributed by atoms with Crippen LogP contribution in [0, 0.1) is 11.6 Å². The first kappa shape index (κ1) is 25.3. The number of urea groups is 1.